The van der Waals surface area contributed by atoms with Crippen LogP contribution in [0.15, 0.2) is 30.3 Å². The van der Waals surface area contributed by atoms with Gasteiger partial charge in [0.2, 0.25) is 5.13 Å². The van der Waals surface area contributed by atoms with Crippen LogP contribution in [-0.2, 0) is 4.79 Å². The van der Waals surface area contributed by atoms with Crippen LogP contribution in [0.3, 0.4) is 0 Å². The molecular weight excluding hydrogens is 316 g/mol. The Morgan fingerprint density at radius 3 is 2.74 bits per heavy atom. The highest BCUT2D eigenvalue weighted by atomic mass is 32.1. The van der Waals surface area contributed by atoms with Crippen LogP contribution in [0.5, 0.6) is 0 Å². The molecule has 0 spiro atoms. The fourth-order valence-corrected chi connectivity index (χ4v) is 3.04. The van der Waals surface area contributed by atoms with Crippen molar-refractivity contribution in [2.45, 2.75) is 13.3 Å². The Labute approximate surface area is 137 Å². The molecule has 1 fully saturated rings. The summed E-state index contributed by atoms with van der Waals surface area (Å²) in [5.74, 6) is -0.322. The standard InChI is InChI=1S/C15H16N4O3S/c1-15(12(20)21)7-8-19(9-15)14(22)17-13-16-11(18-23-13)10-5-3-2-4-6-10/h2-6H,7-9H2,1H3,(H,20,21)(H,16,17,18,22). The van der Waals surface area contributed by atoms with Crippen molar-refractivity contribution in [3.8, 4) is 11.4 Å². The third kappa shape index (κ3) is 3.16. The number of hydrogen-bond donors (Lipinski definition) is 2. The second-order valence-electron chi connectivity index (χ2n) is 5.76. The van der Waals surface area contributed by atoms with Crippen LogP contribution >= 0.6 is 11.5 Å². The zero-order valence-electron chi connectivity index (χ0n) is 12.5. The van der Waals surface area contributed by atoms with Gasteiger partial charge in [-0.3, -0.25) is 10.1 Å². The normalized spacial score (nSPS) is 20.5. The second-order valence-corrected chi connectivity index (χ2v) is 6.51. The molecule has 7 nitrogen and oxygen atoms in total. The molecule has 0 aliphatic carbocycles. The number of aliphatic carboxylic acids is 1. The van der Waals surface area contributed by atoms with E-state index >= 15 is 0 Å². The molecule has 0 radical (unpaired) electrons. The first-order valence-corrected chi connectivity index (χ1v) is 7.94. The number of nitrogens with one attached hydrogen (secondary N) is 1. The highest BCUT2D eigenvalue weighted by molar-refractivity contribution is 7.10. The zero-order chi connectivity index (χ0) is 16.4. The predicted octanol–water partition coefficient (Wildman–Crippen LogP) is 2.53. The number of hydrogen-bond acceptors (Lipinski definition) is 5. The van der Waals surface area contributed by atoms with Gasteiger partial charge in [0.15, 0.2) is 5.82 Å². The van der Waals surface area contributed by atoms with Crippen LogP contribution in [-0.4, -0.2) is 44.5 Å². The number of urea groups is 1. The van der Waals surface area contributed by atoms with Crippen LogP contribution in [0.4, 0.5) is 9.93 Å². The van der Waals surface area contributed by atoms with Crippen LogP contribution in [0.1, 0.15) is 13.3 Å². The molecular formula is C15H16N4O3S. The van der Waals surface area contributed by atoms with Crippen molar-refractivity contribution in [3.63, 3.8) is 0 Å². The van der Waals surface area contributed by atoms with Crippen molar-refractivity contribution in [3.05, 3.63) is 30.3 Å². The van der Waals surface area contributed by atoms with Crippen LogP contribution in [0, 0.1) is 5.41 Å². The van der Waals surface area contributed by atoms with Gasteiger partial charge in [0.05, 0.1) is 5.41 Å². The first-order chi connectivity index (χ1) is 11.0. The van der Waals surface area contributed by atoms with Gasteiger partial charge in [-0.2, -0.15) is 9.36 Å². The second kappa shape index (κ2) is 5.96. The lowest BCUT2D eigenvalue weighted by Crippen LogP contribution is -2.37. The molecule has 1 aromatic heterocycles. The summed E-state index contributed by atoms with van der Waals surface area (Å²) in [4.78, 5) is 29.3. The van der Waals surface area contributed by atoms with Crippen LogP contribution in [0.2, 0.25) is 0 Å². The van der Waals surface area contributed by atoms with Gasteiger partial charge in [-0.15, -0.1) is 0 Å². The number of aromatic nitrogens is 2. The van der Waals surface area contributed by atoms with Crippen LogP contribution in [0.25, 0.3) is 11.4 Å². The molecule has 0 bridgehead atoms. The number of amides is 2. The Morgan fingerprint density at radius 1 is 1.35 bits per heavy atom. The summed E-state index contributed by atoms with van der Waals surface area (Å²) >= 11 is 1.10. The van der Waals surface area contributed by atoms with E-state index in [1.807, 2.05) is 30.3 Å². The Kier molecular flexibility index (Phi) is 3.99. The fraction of sp³-hybridized carbons (Fsp3) is 0.333. The number of carbonyl (C=O) groups excluding carboxylic acids is 1. The molecule has 1 aromatic carbocycles. The quantitative estimate of drug-likeness (QED) is 0.900. The van der Waals surface area contributed by atoms with E-state index in [4.69, 9.17) is 0 Å². The van der Waals surface area contributed by atoms with E-state index in [1.54, 1.807) is 6.92 Å². The minimum atomic E-state index is -0.881. The first kappa shape index (κ1) is 15.4. The van der Waals surface area contributed by atoms with Gasteiger partial charge in [0.1, 0.15) is 0 Å². The van der Waals surface area contributed by atoms with E-state index in [-0.39, 0.29) is 12.6 Å². The minimum absolute atomic E-state index is 0.193. The monoisotopic (exact) mass is 332 g/mol. The Hall–Kier alpha value is -2.48. The lowest BCUT2D eigenvalue weighted by Gasteiger charge is -2.19. The third-order valence-electron chi connectivity index (χ3n) is 3.95. The number of nitrogens with zero attached hydrogens (tertiary/aromatic N) is 3. The van der Waals surface area contributed by atoms with Gasteiger partial charge in [-0.25, -0.2) is 4.79 Å². The number of anilines is 1. The summed E-state index contributed by atoms with van der Waals surface area (Å²) in [6.07, 6.45) is 0.446. The maximum absolute atomic E-state index is 12.2. The lowest BCUT2D eigenvalue weighted by molar-refractivity contribution is -0.146. The van der Waals surface area contributed by atoms with Gasteiger partial charge in [0.25, 0.3) is 0 Å². The minimum Gasteiger partial charge on any atom is -0.481 e. The van der Waals surface area contributed by atoms with E-state index in [2.05, 4.69) is 14.7 Å². The van der Waals surface area contributed by atoms with Gasteiger partial charge >= 0.3 is 12.0 Å². The summed E-state index contributed by atoms with van der Waals surface area (Å²) in [6, 6.07) is 9.15. The Morgan fingerprint density at radius 2 is 2.09 bits per heavy atom. The highest BCUT2D eigenvalue weighted by Gasteiger charge is 2.42. The molecule has 1 aliphatic heterocycles. The molecule has 1 atom stereocenters. The predicted molar refractivity (Wildman–Crippen MR) is 86.3 cm³/mol. The van der Waals surface area contributed by atoms with Gasteiger partial charge < -0.3 is 10.0 Å². The number of benzene rings is 1. The summed E-state index contributed by atoms with van der Waals surface area (Å²) in [5, 5.41) is 12.3. The van der Waals surface area contributed by atoms with E-state index < -0.39 is 11.4 Å². The Balaban J connectivity index is 1.66. The molecule has 120 valence electrons. The van der Waals surface area contributed by atoms with E-state index in [9.17, 15) is 14.7 Å². The average Bonchev–Trinajstić information content (AvgIpc) is 3.16. The molecule has 8 heteroatoms. The SMILES string of the molecule is CC1(C(=O)O)CCN(C(=O)Nc2nc(-c3ccccc3)ns2)C1. The molecule has 0 saturated carbocycles. The molecule has 1 unspecified atom stereocenters. The molecule has 1 saturated heterocycles. The van der Waals surface area contributed by atoms with Crippen molar-refractivity contribution in [2.75, 3.05) is 18.4 Å². The maximum Gasteiger partial charge on any atom is 0.323 e. The summed E-state index contributed by atoms with van der Waals surface area (Å²) in [6.45, 7) is 2.26. The van der Waals surface area contributed by atoms with Crippen LogP contribution < -0.4 is 5.32 Å². The molecule has 2 aromatic rings. The first-order valence-electron chi connectivity index (χ1n) is 7.16. The van der Waals surface area contributed by atoms with Gasteiger partial charge in [-0.05, 0) is 13.3 Å². The number of carbonyl (C=O) groups is 2. The molecule has 2 amide bonds. The lowest BCUT2D eigenvalue weighted by atomic mass is 9.90. The average molecular weight is 332 g/mol. The highest BCUT2D eigenvalue weighted by Crippen LogP contribution is 2.30. The maximum atomic E-state index is 12.2. The topological polar surface area (TPSA) is 95.4 Å². The van der Waals surface area contributed by atoms with Gasteiger partial charge in [0, 0.05) is 30.2 Å². The van der Waals surface area contributed by atoms with Crippen molar-refractivity contribution < 1.29 is 14.7 Å². The van der Waals surface area contributed by atoms with Crippen molar-refractivity contribution in [1.82, 2.24) is 14.3 Å². The smallest absolute Gasteiger partial charge is 0.323 e. The van der Waals surface area contributed by atoms with E-state index in [1.165, 1.54) is 4.90 Å². The number of likely N-dealkylation sites (tertiary alicyclic amines) is 1. The number of carboxylic acids is 1. The third-order valence-corrected chi connectivity index (χ3v) is 4.58. The summed E-state index contributed by atoms with van der Waals surface area (Å²) < 4.78 is 4.23. The van der Waals surface area contributed by atoms with Crippen molar-refractivity contribution in [2.24, 2.45) is 5.41 Å². The molecule has 2 heterocycles. The summed E-state index contributed by atoms with van der Waals surface area (Å²) in [7, 11) is 0. The Bertz CT molecular complexity index is 733. The van der Waals surface area contributed by atoms with E-state index in [0.29, 0.717) is 23.9 Å². The number of carboxylic acid groups (broad SMARTS) is 1. The molecule has 1 aliphatic rings. The molecule has 2 N–H and O–H groups in total. The number of rotatable bonds is 3. The van der Waals surface area contributed by atoms with Crippen molar-refractivity contribution >= 4 is 28.7 Å². The zero-order valence-corrected chi connectivity index (χ0v) is 13.3. The molecule has 23 heavy (non-hydrogen) atoms. The molecule has 3 rings (SSSR count). The summed E-state index contributed by atoms with van der Waals surface area (Å²) in [5.41, 5.74) is -0.00270. The van der Waals surface area contributed by atoms with Gasteiger partial charge in [-0.1, -0.05) is 30.3 Å². The van der Waals surface area contributed by atoms with E-state index in [0.717, 1.165) is 17.1 Å². The fourth-order valence-electron chi connectivity index (χ4n) is 2.46. The largest absolute Gasteiger partial charge is 0.481 e. The van der Waals surface area contributed by atoms with Crippen molar-refractivity contribution in [1.29, 1.82) is 0 Å².